The molecule has 0 unspecified atom stereocenters. The van der Waals surface area contributed by atoms with Crippen LogP contribution in [-0.2, 0) is 6.61 Å². The average Bonchev–Trinajstić information content (AvgIpc) is 2.36. The lowest BCUT2D eigenvalue weighted by atomic mass is 10.1. The highest BCUT2D eigenvalue weighted by atomic mass is 79.9. The Morgan fingerprint density at radius 2 is 2.14 bits per heavy atom. The van der Waals surface area contributed by atoms with Crippen LogP contribution in [0.25, 0.3) is 0 Å². The first kappa shape index (κ1) is 15.5. The van der Waals surface area contributed by atoms with Crippen molar-refractivity contribution in [2.45, 2.75) is 13.5 Å². The third-order valence-corrected chi connectivity index (χ3v) is 3.48. The molecule has 21 heavy (non-hydrogen) atoms. The van der Waals surface area contributed by atoms with Crippen molar-refractivity contribution in [3.8, 4) is 5.75 Å². The van der Waals surface area contributed by atoms with Gasteiger partial charge < -0.3 is 16.2 Å². The number of nitrogens with two attached hydrogens (primary N) is 2. The number of aromatic nitrogens is 2. The molecule has 0 aliphatic rings. The maximum absolute atomic E-state index is 11.5. The number of hydrogen-bond acceptors (Lipinski definition) is 5. The van der Waals surface area contributed by atoms with Crippen molar-refractivity contribution in [3.63, 3.8) is 0 Å². The lowest BCUT2D eigenvalue weighted by Gasteiger charge is -2.11. The second kappa shape index (κ2) is 6.28. The molecule has 1 aromatic carbocycles. The molecule has 0 radical (unpaired) electrons. The van der Waals surface area contributed by atoms with E-state index in [2.05, 4.69) is 25.9 Å². The minimum Gasteiger partial charge on any atom is -0.486 e. The Labute approximate surface area is 134 Å². The van der Waals surface area contributed by atoms with Gasteiger partial charge in [-0.3, -0.25) is 4.79 Å². The number of hydrogen-bond donors (Lipinski definition) is 2. The highest BCUT2D eigenvalue weighted by Crippen LogP contribution is 2.28. The van der Waals surface area contributed by atoms with E-state index in [1.54, 1.807) is 25.1 Å². The van der Waals surface area contributed by atoms with Crippen molar-refractivity contribution >= 4 is 39.4 Å². The van der Waals surface area contributed by atoms with E-state index < -0.39 is 5.91 Å². The smallest absolute Gasteiger partial charge is 0.252 e. The van der Waals surface area contributed by atoms with Crippen molar-refractivity contribution in [1.82, 2.24) is 9.97 Å². The molecular weight excluding hydrogens is 360 g/mol. The Kier molecular flexibility index (Phi) is 4.64. The number of nitrogens with zero attached hydrogens (tertiary/aromatic N) is 2. The first-order valence-electron chi connectivity index (χ1n) is 5.89. The molecule has 0 fully saturated rings. The van der Waals surface area contributed by atoms with E-state index in [-0.39, 0.29) is 18.1 Å². The Morgan fingerprint density at radius 1 is 1.43 bits per heavy atom. The molecule has 0 aliphatic carbocycles. The molecule has 2 aromatic rings. The van der Waals surface area contributed by atoms with Crippen molar-refractivity contribution in [2.75, 3.05) is 5.73 Å². The highest BCUT2D eigenvalue weighted by Gasteiger charge is 2.16. The molecule has 6 nitrogen and oxygen atoms in total. The monoisotopic (exact) mass is 370 g/mol. The van der Waals surface area contributed by atoms with Crippen LogP contribution in [0.3, 0.4) is 0 Å². The average molecular weight is 372 g/mol. The molecule has 0 saturated carbocycles. The number of rotatable bonds is 4. The summed E-state index contributed by atoms with van der Waals surface area (Å²) in [6.07, 6.45) is 0. The zero-order chi connectivity index (χ0) is 15.6. The third-order valence-electron chi connectivity index (χ3n) is 2.69. The number of carbonyl (C=O) groups excluding carboxylic acids is 1. The van der Waals surface area contributed by atoms with Crippen LogP contribution < -0.4 is 16.2 Å². The SMILES string of the molecule is Cc1nc(N)nc(COc2ccc(Br)cc2Cl)c1C(N)=O. The topological polar surface area (TPSA) is 104 Å². The van der Waals surface area contributed by atoms with Gasteiger partial charge in [-0.05, 0) is 25.1 Å². The van der Waals surface area contributed by atoms with Gasteiger partial charge in [-0.1, -0.05) is 27.5 Å². The maximum atomic E-state index is 11.5. The normalized spacial score (nSPS) is 10.4. The first-order valence-corrected chi connectivity index (χ1v) is 7.06. The second-order valence-corrected chi connectivity index (χ2v) is 5.54. The Balaban J connectivity index is 2.29. The van der Waals surface area contributed by atoms with E-state index in [9.17, 15) is 4.79 Å². The Hall–Kier alpha value is -1.86. The summed E-state index contributed by atoms with van der Waals surface area (Å²) in [6.45, 7) is 1.64. The number of nitrogen functional groups attached to an aromatic ring is 1. The maximum Gasteiger partial charge on any atom is 0.252 e. The van der Waals surface area contributed by atoms with Crippen LogP contribution in [0.4, 0.5) is 5.95 Å². The van der Waals surface area contributed by atoms with Crippen LogP contribution in [0.1, 0.15) is 21.7 Å². The van der Waals surface area contributed by atoms with Crippen LogP contribution >= 0.6 is 27.5 Å². The number of halogens is 2. The zero-order valence-corrected chi connectivity index (χ0v) is 13.4. The zero-order valence-electron chi connectivity index (χ0n) is 11.1. The lowest BCUT2D eigenvalue weighted by molar-refractivity contribution is 0.0996. The second-order valence-electron chi connectivity index (χ2n) is 4.22. The van der Waals surface area contributed by atoms with E-state index >= 15 is 0 Å². The first-order chi connectivity index (χ1) is 9.88. The third kappa shape index (κ3) is 3.62. The minimum absolute atomic E-state index is 0.00713. The van der Waals surface area contributed by atoms with Crippen LogP contribution in [0.2, 0.25) is 5.02 Å². The number of anilines is 1. The van der Waals surface area contributed by atoms with Crippen molar-refractivity contribution in [2.24, 2.45) is 5.73 Å². The van der Waals surface area contributed by atoms with E-state index in [1.807, 2.05) is 0 Å². The van der Waals surface area contributed by atoms with E-state index in [1.165, 1.54) is 0 Å². The van der Waals surface area contributed by atoms with E-state index in [0.717, 1.165) is 4.47 Å². The molecule has 8 heteroatoms. The van der Waals surface area contributed by atoms with Gasteiger partial charge in [0.1, 0.15) is 12.4 Å². The van der Waals surface area contributed by atoms with Crippen LogP contribution in [0, 0.1) is 6.92 Å². The van der Waals surface area contributed by atoms with Gasteiger partial charge in [-0.25, -0.2) is 9.97 Å². The van der Waals surface area contributed by atoms with Gasteiger partial charge in [0.15, 0.2) is 0 Å². The number of carbonyl (C=O) groups is 1. The van der Waals surface area contributed by atoms with Crippen molar-refractivity contribution in [1.29, 1.82) is 0 Å². The Morgan fingerprint density at radius 3 is 2.76 bits per heavy atom. The molecule has 1 aromatic heterocycles. The summed E-state index contributed by atoms with van der Waals surface area (Å²) in [4.78, 5) is 19.4. The summed E-state index contributed by atoms with van der Waals surface area (Å²) in [7, 11) is 0. The predicted molar refractivity (Wildman–Crippen MR) is 83.2 cm³/mol. The minimum atomic E-state index is -0.631. The van der Waals surface area contributed by atoms with Crippen LogP contribution in [-0.4, -0.2) is 15.9 Å². The van der Waals surface area contributed by atoms with Gasteiger partial charge in [0.25, 0.3) is 5.91 Å². The van der Waals surface area contributed by atoms with Crippen molar-refractivity contribution in [3.05, 3.63) is 44.6 Å². The lowest BCUT2D eigenvalue weighted by Crippen LogP contribution is -2.20. The quantitative estimate of drug-likeness (QED) is 0.859. The molecule has 0 atom stereocenters. The van der Waals surface area contributed by atoms with Crippen LogP contribution in [0.15, 0.2) is 22.7 Å². The summed E-state index contributed by atoms with van der Waals surface area (Å²) in [5, 5.41) is 0.434. The molecule has 0 spiro atoms. The number of benzene rings is 1. The molecule has 1 heterocycles. The number of primary amides is 1. The Bertz CT molecular complexity index is 709. The summed E-state index contributed by atoms with van der Waals surface area (Å²) in [6, 6.07) is 5.19. The molecule has 1 amide bonds. The van der Waals surface area contributed by atoms with Gasteiger partial charge >= 0.3 is 0 Å². The highest BCUT2D eigenvalue weighted by molar-refractivity contribution is 9.10. The number of ether oxygens (including phenoxy) is 1. The number of amides is 1. The van der Waals surface area contributed by atoms with Gasteiger partial charge in [-0.2, -0.15) is 0 Å². The van der Waals surface area contributed by atoms with Gasteiger partial charge in [0.2, 0.25) is 5.95 Å². The molecule has 4 N–H and O–H groups in total. The summed E-state index contributed by atoms with van der Waals surface area (Å²) < 4.78 is 6.41. The molecule has 2 rings (SSSR count). The predicted octanol–water partition coefficient (Wildman–Crippen LogP) is 2.46. The van der Waals surface area contributed by atoms with Gasteiger partial charge in [0, 0.05) is 4.47 Å². The fourth-order valence-corrected chi connectivity index (χ4v) is 2.55. The number of aryl methyl sites for hydroxylation is 1. The van der Waals surface area contributed by atoms with Gasteiger partial charge in [0.05, 0.1) is 22.0 Å². The van der Waals surface area contributed by atoms with Gasteiger partial charge in [-0.15, -0.1) is 0 Å². The summed E-state index contributed by atoms with van der Waals surface area (Å²) in [5.74, 6) is -0.115. The fraction of sp³-hybridized carbons (Fsp3) is 0.154. The molecule has 110 valence electrons. The van der Waals surface area contributed by atoms with E-state index in [0.29, 0.717) is 22.2 Å². The molecule has 0 aliphatic heterocycles. The molecule has 0 saturated heterocycles. The summed E-state index contributed by atoms with van der Waals surface area (Å²) >= 11 is 9.36. The van der Waals surface area contributed by atoms with E-state index in [4.69, 9.17) is 27.8 Å². The fourth-order valence-electron chi connectivity index (χ4n) is 1.82. The standard InChI is InChI=1S/C13H12BrClN4O2/c1-6-11(12(16)20)9(19-13(17)18-6)5-21-10-3-2-7(14)4-8(10)15/h2-4H,5H2,1H3,(H2,16,20)(H2,17,18,19). The largest absolute Gasteiger partial charge is 0.486 e. The van der Waals surface area contributed by atoms with Crippen molar-refractivity contribution < 1.29 is 9.53 Å². The van der Waals surface area contributed by atoms with Crippen LogP contribution in [0.5, 0.6) is 5.75 Å². The molecule has 0 bridgehead atoms. The summed E-state index contributed by atoms with van der Waals surface area (Å²) in [5.41, 5.74) is 11.9. The molecular formula is C13H12BrClN4O2.